The molecule has 0 aliphatic heterocycles. The maximum atomic E-state index is 11.5. The van der Waals surface area contributed by atoms with Gasteiger partial charge < -0.3 is 5.32 Å². The number of aromatic nitrogens is 1. The van der Waals surface area contributed by atoms with Gasteiger partial charge in [-0.1, -0.05) is 44.2 Å². The first kappa shape index (κ1) is 14.7. The van der Waals surface area contributed by atoms with Gasteiger partial charge >= 0.3 is 0 Å². The topological polar surface area (TPSA) is 42.0 Å². The Balaban J connectivity index is 1.83. The van der Waals surface area contributed by atoms with Crippen LogP contribution in [0.25, 0.3) is 11.3 Å². The number of carbonyl (C=O) groups excluding carboxylic acids is 1. The largest absolute Gasteiger partial charge is 0.356 e. The Labute approximate surface area is 124 Å². The summed E-state index contributed by atoms with van der Waals surface area (Å²) in [6.45, 7) is 4.76. The van der Waals surface area contributed by atoms with Crippen LogP contribution in [0.3, 0.4) is 0 Å². The van der Waals surface area contributed by atoms with E-state index in [2.05, 4.69) is 27.8 Å². The third-order valence-corrected chi connectivity index (χ3v) is 3.78. The van der Waals surface area contributed by atoms with Crippen molar-refractivity contribution in [1.29, 1.82) is 0 Å². The van der Waals surface area contributed by atoms with E-state index in [1.165, 1.54) is 0 Å². The van der Waals surface area contributed by atoms with E-state index >= 15 is 0 Å². The first-order chi connectivity index (χ1) is 9.65. The fourth-order valence-electron chi connectivity index (χ4n) is 1.92. The van der Waals surface area contributed by atoms with E-state index in [1.807, 2.05) is 32.0 Å². The van der Waals surface area contributed by atoms with Gasteiger partial charge in [0, 0.05) is 30.3 Å². The predicted molar refractivity (Wildman–Crippen MR) is 83.7 cm³/mol. The molecule has 1 heterocycles. The highest BCUT2D eigenvalue weighted by Gasteiger charge is 2.06. The van der Waals surface area contributed by atoms with Crippen molar-refractivity contribution in [2.75, 3.05) is 6.54 Å². The van der Waals surface area contributed by atoms with E-state index in [0.29, 0.717) is 18.9 Å². The van der Waals surface area contributed by atoms with Gasteiger partial charge in [-0.25, -0.2) is 4.98 Å². The van der Waals surface area contributed by atoms with Crippen LogP contribution < -0.4 is 5.32 Å². The van der Waals surface area contributed by atoms with E-state index in [9.17, 15) is 4.79 Å². The Kier molecular flexibility index (Phi) is 5.30. The lowest BCUT2D eigenvalue weighted by atomic mass is 10.1. The fourth-order valence-corrected chi connectivity index (χ4v) is 2.73. The molecule has 3 nitrogen and oxygen atoms in total. The van der Waals surface area contributed by atoms with Crippen molar-refractivity contribution in [1.82, 2.24) is 10.3 Å². The molecule has 0 aliphatic rings. The lowest BCUT2D eigenvalue weighted by Crippen LogP contribution is -2.26. The van der Waals surface area contributed by atoms with Crippen LogP contribution in [-0.4, -0.2) is 17.4 Å². The summed E-state index contributed by atoms with van der Waals surface area (Å²) < 4.78 is 0. The molecule has 0 fully saturated rings. The zero-order chi connectivity index (χ0) is 14.4. The standard InChI is InChI=1S/C16H20N2OS/c1-12(2)10-15(19)17-9-8-16-18-14(11-20-16)13-6-4-3-5-7-13/h3-7,11-12H,8-10H2,1-2H3,(H,17,19). The molecule has 20 heavy (non-hydrogen) atoms. The van der Waals surface area contributed by atoms with Crippen LogP contribution in [0, 0.1) is 5.92 Å². The molecule has 0 radical (unpaired) electrons. The molecule has 2 rings (SSSR count). The van der Waals surface area contributed by atoms with Crippen LogP contribution in [-0.2, 0) is 11.2 Å². The van der Waals surface area contributed by atoms with Gasteiger partial charge in [0.2, 0.25) is 5.91 Å². The summed E-state index contributed by atoms with van der Waals surface area (Å²) in [6, 6.07) is 10.1. The van der Waals surface area contributed by atoms with Crippen molar-refractivity contribution in [2.24, 2.45) is 5.92 Å². The molecule has 1 N–H and O–H groups in total. The molecule has 106 valence electrons. The van der Waals surface area contributed by atoms with Crippen LogP contribution in [0.4, 0.5) is 0 Å². The van der Waals surface area contributed by atoms with Gasteiger partial charge in [-0.3, -0.25) is 4.79 Å². The number of amides is 1. The van der Waals surface area contributed by atoms with Crippen molar-refractivity contribution in [3.8, 4) is 11.3 Å². The van der Waals surface area contributed by atoms with E-state index in [1.54, 1.807) is 11.3 Å². The molecule has 0 aliphatic carbocycles. The zero-order valence-corrected chi connectivity index (χ0v) is 12.7. The molecular weight excluding hydrogens is 268 g/mol. The molecule has 4 heteroatoms. The number of nitrogens with one attached hydrogen (secondary N) is 1. The molecule has 2 aromatic rings. The van der Waals surface area contributed by atoms with Gasteiger partial charge in [0.05, 0.1) is 10.7 Å². The Morgan fingerprint density at radius 1 is 1.30 bits per heavy atom. The summed E-state index contributed by atoms with van der Waals surface area (Å²) in [5, 5.41) is 6.07. The van der Waals surface area contributed by atoms with E-state index in [4.69, 9.17) is 0 Å². The number of benzene rings is 1. The molecule has 1 aromatic carbocycles. The lowest BCUT2D eigenvalue weighted by Gasteiger charge is -2.05. The Morgan fingerprint density at radius 2 is 2.05 bits per heavy atom. The quantitative estimate of drug-likeness (QED) is 0.883. The van der Waals surface area contributed by atoms with Crippen molar-refractivity contribution in [3.05, 3.63) is 40.7 Å². The molecular formula is C16H20N2OS. The van der Waals surface area contributed by atoms with Gasteiger partial charge in [-0.2, -0.15) is 0 Å². The van der Waals surface area contributed by atoms with Gasteiger partial charge in [0.1, 0.15) is 0 Å². The van der Waals surface area contributed by atoms with Crippen molar-refractivity contribution in [2.45, 2.75) is 26.7 Å². The summed E-state index contributed by atoms with van der Waals surface area (Å²) in [6.07, 6.45) is 1.38. The minimum absolute atomic E-state index is 0.125. The highest BCUT2D eigenvalue weighted by atomic mass is 32.1. The highest BCUT2D eigenvalue weighted by molar-refractivity contribution is 7.09. The SMILES string of the molecule is CC(C)CC(=O)NCCc1nc(-c2ccccc2)cs1. The highest BCUT2D eigenvalue weighted by Crippen LogP contribution is 2.21. The molecule has 0 saturated heterocycles. The monoisotopic (exact) mass is 288 g/mol. The average molecular weight is 288 g/mol. The summed E-state index contributed by atoms with van der Waals surface area (Å²) >= 11 is 1.65. The Morgan fingerprint density at radius 3 is 2.75 bits per heavy atom. The predicted octanol–water partition coefficient (Wildman–Crippen LogP) is 3.51. The normalized spacial score (nSPS) is 10.8. The van der Waals surface area contributed by atoms with Crippen LogP contribution in [0.2, 0.25) is 0 Å². The van der Waals surface area contributed by atoms with Gasteiger partial charge in [0.25, 0.3) is 0 Å². The summed E-state index contributed by atoms with van der Waals surface area (Å²) in [5.41, 5.74) is 2.15. The minimum Gasteiger partial charge on any atom is -0.356 e. The average Bonchev–Trinajstić information content (AvgIpc) is 2.88. The minimum atomic E-state index is 0.125. The number of hydrogen-bond acceptors (Lipinski definition) is 3. The molecule has 0 atom stereocenters. The molecule has 0 bridgehead atoms. The number of rotatable bonds is 6. The van der Waals surface area contributed by atoms with E-state index in [0.717, 1.165) is 22.7 Å². The number of nitrogens with zero attached hydrogens (tertiary/aromatic N) is 1. The fraction of sp³-hybridized carbons (Fsp3) is 0.375. The molecule has 1 amide bonds. The first-order valence-electron chi connectivity index (χ1n) is 6.91. The van der Waals surface area contributed by atoms with Crippen LogP contribution in [0.1, 0.15) is 25.3 Å². The van der Waals surface area contributed by atoms with Crippen LogP contribution >= 0.6 is 11.3 Å². The van der Waals surface area contributed by atoms with Gasteiger partial charge in [-0.05, 0) is 5.92 Å². The molecule has 0 saturated carbocycles. The Bertz CT molecular complexity index is 549. The van der Waals surface area contributed by atoms with Crippen molar-refractivity contribution < 1.29 is 4.79 Å². The maximum absolute atomic E-state index is 11.5. The zero-order valence-electron chi connectivity index (χ0n) is 11.9. The van der Waals surface area contributed by atoms with Gasteiger partial charge in [-0.15, -0.1) is 11.3 Å². The summed E-state index contributed by atoms with van der Waals surface area (Å²) in [7, 11) is 0. The number of carbonyl (C=O) groups is 1. The van der Waals surface area contributed by atoms with Crippen molar-refractivity contribution >= 4 is 17.2 Å². The number of hydrogen-bond donors (Lipinski definition) is 1. The maximum Gasteiger partial charge on any atom is 0.220 e. The van der Waals surface area contributed by atoms with Crippen LogP contribution in [0.15, 0.2) is 35.7 Å². The second-order valence-corrected chi connectivity index (χ2v) is 6.13. The van der Waals surface area contributed by atoms with E-state index < -0.39 is 0 Å². The first-order valence-corrected chi connectivity index (χ1v) is 7.79. The molecule has 0 unspecified atom stereocenters. The number of thiazole rings is 1. The lowest BCUT2D eigenvalue weighted by molar-refractivity contribution is -0.121. The van der Waals surface area contributed by atoms with Crippen LogP contribution in [0.5, 0.6) is 0 Å². The second kappa shape index (κ2) is 7.20. The Hall–Kier alpha value is -1.68. The summed E-state index contributed by atoms with van der Waals surface area (Å²) in [4.78, 5) is 16.1. The van der Waals surface area contributed by atoms with E-state index in [-0.39, 0.29) is 5.91 Å². The third-order valence-electron chi connectivity index (χ3n) is 2.88. The van der Waals surface area contributed by atoms with Gasteiger partial charge in [0.15, 0.2) is 0 Å². The smallest absolute Gasteiger partial charge is 0.220 e. The molecule has 0 spiro atoms. The molecule has 1 aromatic heterocycles. The second-order valence-electron chi connectivity index (χ2n) is 5.19. The third kappa shape index (κ3) is 4.46. The summed E-state index contributed by atoms with van der Waals surface area (Å²) in [5.74, 6) is 0.527. The van der Waals surface area contributed by atoms with Crippen molar-refractivity contribution in [3.63, 3.8) is 0 Å².